The molecule has 1 saturated carbocycles. The fraction of sp³-hybridized carbons (Fsp3) is 0.241. The lowest BCUT2D eigenvalue weighted by Crippen LogP contribution is -2.52. The van der Waals surface area contributed by atoms with E-state index in [2.05, 4.69) is 15.2 Å². The summed E-state index contributed by atoms with van der Waals surface area (Å²) in [5, 5.41) is 8.31. The lowest BCUT2D eigenvalue weighted by molar-refractivity contribution is 0.0865. The largest absolute Gasteiger partial charge is 0.338 e. The lowest BCUT2D eigenvalue weighted by atomic mass is 10.1. The van der Waals surface area contributed by atoms with Crippen molar-refractivity contribution < 1.29 is 9.18 Å². The first kappa shape index (κ1) is 22.7. The molecule has 1 N–H and O–H groups in total. The van der Waals surface area contributed by atoms with Crippen LogP contribution in [0.1, 0.15) is 35.2 Å². The summed E-state index contributed by atoms with van der Waals surface area (Å²) in [5.74, 6) is 1.40. The summed E-state index contributed by atoms with van der Waals surface area (Å²) in [5.41, 5.74) is 3.85. The first-order valence-electron chi connectivity index (χ1n) is 12.9. The number of benzene rings is 2. The number of aromatic nitrogens is 3. The number of carbonyl (C=O) groups excluding carboxylic acids is 1. The van der Waals surface area contributed by atoms with Gasteiger partial charge in [-0.3, -0.25) is 14.6 Å². The van der Waals surface area contributed by atoms with Crippen LogP contribution in [-0.4, -0.2) is 50.7 Å². The summed E-state index contributed by atoms with van der Waals surface area (Å²) in [7, 11) is 1.79. The van der Waals surface area contributed by atoms with Crippen LogP contribution < -0.4 is 10.2 Å². The molecule has 7 rings (SSSR count). The fourth-order valence-corrected chi connectivity index (χ4v) is 5.76. The number of para-hydroxylation sites is 1. The van der Waals surface area contributed by atoms with Gasteiger partial charge in [0.25, 0.3) is 5.91 Å². The number of carbonyl (C=O) groups is 1. The Balaban J connectivity index is 1.30. The van der Waals surface area contributed by atoms with Gasteiger partial charge in [-0.2, -0.15) is 9.49 Å². The number of pyridine rings is 1. The van der Waals surface area contributed by atoms with Crippen LogP contribution in [0.5, 0.6) is 0 Å². The van der Waals surface area contributed by atoms with Crippen LogP contribution in [-0.2, 0) is 6.54 Å². The molecule has 0 saturated heterocycles. The zero-order valence-corrected chi connectivity index (χ0v) is 20.9. The molecule has 2 aromatic carbocycles. The van der Waals surface area contributed by atoms with E-state index in [0.717, 1.165) is 41.9 Å². The second-order valence-electron chi connectivity index (χ2n) is 9.97. The van der Waals surface area contributed by atoms with Gasteiger partial charge in [-0.25, -0.2) is 14.7 Å². The summed E-state index contributed by atoms with van der Waals surface area (Å²) < 4.78 is 15.5. The number of amides is 1. The molecule has 2 atom stereocenters. The first-order chi connectivity index (χ1) is 18.6. The Kier molecular flexibility index (Phi) is 5.24. The SMILES string of the molecule is CN1C(=O)c2c(Nc3ccccc3)nn(Cc3ccc(-c4cccc(F)n4)cc3)c2N2C1=N[C@@H]1CCC[C@@H]12. The number of hydrogen-bond acceptors (Lipinski definition) is 6. The van der Waals surface area contributed by atoms with Gasteiger partial charge in [0, 0.05) is 18.3 Å². The Hall–Kier alpha value is -4.53. The van der Waals surface area contributed by atoms with E-state index in [1.165, 1.54) is 6.07 Å². The fourth-order valence-electron chi connectivity index (χ4n) is 5.76. The van der Waals surface area contributed by atoms with Gasteiger partial charge < -0.3 is 5.32 Å². The summed E-state index contributed by atoms with van der Waals surface area (Å²) >= 11 is 0. The van der Waals surface area contributed by atoms with Crippen LogP contribution in [0.4, 0.5) is 21.7 Å². The van der Waals surface area contributed by atoms with Crippen LogP contribution in [0.15, 0.2) is 77.8 Å². The first-order valence-corrected chi connectivity index (χ1v) is 12.9. The highest BCUT2D eigenvalue weighted by Gasteiger charge is 2.49. The molecule has 9 heteroatoms. The minimum absolute atomic E-state index is 0.118. The van der Waals surface area contributed by atoms with E-state index in [1.54, 1.807) is 24.1 Å². The van der Waals surface area contributed by atoms with Crippen molar-refractivity contribution in [2.24, 2.45) is 4.99 Å². The highest BCUT2D eigenvalue weighted by atomic mass is 19.1. The van der Waals surface area contributed by atoms with E-state index in [4.69, 9.17) is 10.1 Å². The van der Waals surface area contributed by atoms with E-state index in [-0.39, 0.29) is 18.0 Å². The van der Waals surface area contributed by atoms with Crippen LogP contribution in [0.2, 0.25) is 0 Å². The number of nitrogens with one attached hydrogen (secondary N) is 1. The van der Waals surface area contributed by atoms with Gasteiger partial charge >= 0.3 is 0 Å². The topological polar surface area (TPSA) is 78.7 Å². The molecule has 8 nitrogen and oxygen atoms in total. The maximum Gasteiger partial charge on any atom is 0.267 e. The molecule has 2 aromatic heterocycles. The van der Waals surface area contributed by atoms with Crippen molar-refractivity contribution in [3.05, 3.63) is 89.9 Å². The third kappa shape index (κ3) is 3.65. The average Bonchev–Trinajstić information content (AvgIpc) is 3.62. The summed E-state index contributed by atoms with van der Waals surface area (Å²) in [6.45, 7) is 0.466. The molecule has 0 radical (unpaired) electrons. The van der Waals surface area contributed by atoms with Gasteiger partial charge in [-0.1, -0.05) is 48.5 Å². The number of aliphatic imine (C=N–C) groups is 1. The van der Waals surface area contributed by atoms with Gasteiger partial charge in [-0.05, 0) is 49.1 Å². The maximum absolute atomic E-state index is 13.7. The number of hydrogen-bond donors (Lipinski definition) is 1. The summed E-state index contributed by atoms with van der Waals surface area (Å²) in [6.07, 6.45) is 3.18. The molecule has 4 heterocycles. The number of anilines is 3. The third-order valence-electron chi connectivity index (χ3n) is 7.58. The number of fused-ring (bicyclic) bond motifs is 5. The second-order valence-corrected chi connectivity index (χ2v) is 9.97. The summed E-state index contributed by atoms with van der Waals surface area (Å²) in [6, 6.07) is 22.8. The number of guanidine groups is 1. The van der Waals surface area contributed by atoms with E-state index < -0.39 is 5.95 Å². The van der Waals surface area contributed by atoms with Crippen LogP contribution in [0.3, 0.4) is 0 Å². The quantitative estimate of drug-likeness (QED) is 0.382. The van der Waals surface area contributed by atoms with E-state index >= 15 is 0 Å². The van der Waals surface area contributed by atoms with Crippen molar-refractivity contribution in [2.75, 3.05) is 17.3 Å². The molecule has 38 heavy (non-hydrogen) atoms. The highest BCUT2D eigenvalue weighted by Crippen LogP contribution is 2.43. The van der Waals surface area contributed by atoms with Crippen LogP contribution >= 0.6 is 0 Å². The Morgan fingerprint density at radius 2 is 1.82 bits per heavy atom. The van der Waals surface area contributed by atoms with Crippen molar-refractivity contribution in [3.63, 3.8) is 0 Å². The zero-order chi connectivity index (χ0) is 25.8. The molecule has 1 amide bonds. The van der Waals surface area contributed by atoms with Gasteiger partial charge in [0.05, 0.1) is 24.3 Å². The van der Waals surface area contributed by atoms with Gasteiger partial charge in [0.1, 0.15) is 11.4 Å². The summed E-state index contributed by atoms with van der Waals surface area (Å²) in [4.78, 5) is 26.5. The minimum Gasteiger partial charge on any atom is -0.338 e. The minimum atomic E-state index is -0.504. The Morgan fingerprint density at radius 3 is 2.61 bits per heavy atom. The lowest BCUT2D eigenvalue weighted by Gasteiger charge is -2.35. The predicted octanol–water partition coefficient (Wildman–Crippen LogP) is 5.06. The molecule has 3 aliphatic rings. The number of nitrogens with zero attached hydrogens (tertiary/aromatic N) is 6. The number of halogens is 1. The molecule has 4 aromatic rings. The van der Waals surface area contributed by atoms with E-state index in [9.17, 15) is 9.18 Å². The Bertz CT molecular complexity index is 1560. The average molecular weight is 508 g/mol. The van der Waals surface area contributed by atoms with E-state index in [0.29, 0.717) is 29.6 Å². The monoisotopic (exact) mass is 507 g/mol. The maximum atomic E-state index is 13.7. The number of rotatable bonds is 5. The van der Waals surface area contributed by atoms with Crippen molar-refractivity contribution in [1.29, 1.82) is 0 Å². The van der Waals surface area contributed by atoms with Gasteiger partial charge in [0.2, 0.25) is 11.9 Å². The van der Waals surface area contributed by atoms with Crippen molar-refractivity contribution in [3.8, 4) is 11.3 Å². The van der Waals surface area contributed by atoms with Crippen molar-refractivity contribution >= 4 is 29.2 Å². The standard InChI is InChI=1S/C29H26FN7O/c1-35-28(38)25-26(31-20-7-3-2-4-8-20)34-36(27(25)37-23-11-5-10-22(23)33-29(35)37)17-18-13-15-19(16-14-18)21-9-6-12-24(30)32-21/h2-4,6-9,12-16,22-23H,5,10-11,17H2,1H3,(H,31,34)/t22-,23+/m1/s1. The molecule has 1 fully saturated rings. The van der Waals surface area contributed by atoms with E-state index in [1.807, 2.05) is 59.3 Å². The smallest absolute Gasteiger partial charge is 0.267 e. The Morgan fingerprint density at radius 1 is 1.00 bits per heavy atom. The molecule has 0 spiro atoms. The molecule has 0 bridgehead atoms. The highest BCUT2D eigenvalue weighted by molar-refractivity contribution is 6.21. The molecule has 0 unspecified atom stereocenters. The van der Waals surface area contributed by atoms with Crippen molar-refractivity contribution in [1.82, 2.24) is 19.7 Å². The van der Waals surface area contributed by atoms with Crippen LogP contribution in [0, 0.1) is 5.95 Å². The third-order valence-corrected chi connectivity index (χ3v) is 7.58. The van der Waals surface area contributed by atoms with Gasteiger partial charge in [-0.15, -0.1) is 0 Å². The normalized spacial score (nSPS) is 19.7. The Labute approximate surface area is 219 Å². The molecular weight excluding hydrogens is 481 g/mol. The second kappa shape index (κ2) is 8.79. The predicted molar refractivity (Wildman–Crippen MR) is 144 cm³/mol. The van der Waals surface area contributed by atoms with Crippen LogP contribution in [0.25, 0.3) is 11.3 Å². The molecular formula is C29H26FN7O. The zero-order valence-electron chi connectivity index (χ0n) is 20.9. The molecule has 1 aliphatic carbocycles. The van der Waals surface area contributed by atoms with Gasteiger partial charge in [0.15, 0.2) is 5.82 Å². The van der Waals surface area contributed by atoms with Crippen molar-refractivity contribution in [2.45, 2.75) is 37.9 Å². The molecule has 2 aliphatic heterocycles. The molecule has 190 valence electrons.